The number of aromatic nitrogens is 1. The Hall–Kier alpha value is -5.14. The van der Waals surface area contributed by atoms with Crippen molar-refractivity contribution in [2.75, 3.05) is 0 Å². The predicted octanol–water partition coefficient (Wildman–Crippen LogP) is 11.1. The molecule has 1 aromatic heterocycles. The molecule has 0 aliphatic heterocycles. The van der Waals surface area contributed by atoms with E-state index in [1.807, 2.05) is 0 Å². The Labute approximate surface area is 245 Å². The lowest BCUT2D eigenvalue weighted by atomic mass is 9.82. The normalized spacial score (nSPS) is 13.7. The Balaban J connectivity index is 1.46. The zero-order valence-electron chi connectivity index (χ0n) is 23.7. The number of hydrogen-bond acceptors (Lipinski definition) is 0. The molecule has 9 rings (SSSR count). The quantitative estimate of drug-likeness (QED) is 0.194. The molecule has 1 aliphatic rings. The molecule has 0 saturated heterocycles. The highest BCUT2D eigenvalue weighted by Crippen LogP contribution is 2.52. The van der Waals surface area contributed by atoms with Crippen LogP contribution < -0.4 is 0 Å². The summed E-state index contributed by atoms with van der Waals surface area (Å²) >= 11 is 0. The van der Waals surface area contributed by atoms with Gasteiger partial charge < -0.3 is 4.57 Å². The van der Waals surface area contributed by atoms with E-state index in [2.05, 4.69) is 158 Å². The molecule has 7 aromatic carbocycles. The van der Waals surface area contributed by atoms with Crippen molar-refractivity contribution in [1.29, 1.82) is 0 Å². The van der Waals surface area contributed by atoms with Gasteiger partial charge >= 0.3 is 0 Å². The molecular formula is C41H29N. The first kappa shape index (κ1) is 23.6. The molecule has 0 unspecified atom stereocenters. The number of fused-ring (bicyclic) bond motifs is 11. The van der Waals surface area contributed by atoms with Gasteiger partial charge in [0.15, 0.2) is 0 Å². The zero-order valence-corrected chi connectivity index (χ0v) is 23.7. The average Bonchev–Trinajstić information content (AvgIpc) is 3.50. The highest BCUT2D eigenvalue weighted by Gasteiger charge is 2.36. The number of rotatable bonds is 2. The van der Waals surface area contributed by atoms with Gasteiger partial charge in [-0.25, -0.2) is 0 Å². The van der Waals surface area contributed by atoms with E-state index >= 15 is 0 Å². The van der Waals surface area contributed by atoms with Crippen LogP contribution >= 0.6 is 0 Å². The third-order valence-electron chi connectivity index (χ3n) is 9.57. The van der Waals surface area contributed by atoms with E-state index in [0.717, 1.165) is 0 Å². The Bertz CT molecular complexity index is 2350. The van der Waals surface area contributed by atoms with Crippen molar-refractivity contribution in [1.82, 2.24) is 4.57 Å². The van der Waals surface area contributed by atoms with Crippen LogP contribution in [0.15, 0.2) is 140 Å². The molecule has 0 spiro atoms. The largest absolute Gasteiger partial charge is 0.309 e. The topological polar surface area (TPSA) is 4.93 Å². The third kappa shape index (κ3) is 3.08. The van der Waals surface area contributed by atoms with Gasteiger partial charge in [-0.2, -0.15) is 0 Å². The van der Waals surface area contributed by atoms with Gasteiger partial charge in [0.05, 0.1) is 11.0 Å². The summed E-state index contributed by atoms with van der Waals surface area (Å²) in [5.41, 5.74) is 11.6. The van der Waals surface area contributed by atoms with Crippen LogP contribution in [0.3, 0.4) is 0 Å². The molecule has 0 amide bonds. The fourth-order valence-corrected chi connectivity index (χ4v) is 7.57. The minimum absolute atomic E-state index is 0.0668. The lowest BCUT2D eigenvalue weighted by molar-refractivity contribution is 0.661. The first-order valence-electron chi connectivity index (χ1n) is 14.8. The molecule has 0 fully saturated rings. The van der Waals surface area contributed by atoms with Gasteiger partial charge in [-0.15, -0.1) is 0 Å². The lowest BCUT2D eigenvalue weighted by Crippen LogP contribution is -2.14. The molecule has 0 atom stereocenters. The van der Waals surface area contributed by atoms with Gasteiger partial charge in [-0.3, -0.25) is 0 Å². The fraction of sp³-hybridized carbons (Fsp3) is 0.0732. The molecule has 42 heavy (non-hydrogen) atoms. The van der Waals surface area contributed by atoms with Crippen LogP contribution in [0.2, 0.25) is 0 Å². The summed E-state index contributed by atoms with van der Waals surface area (Å²) in [5, 5.41) is 7.83. The molecule has 0 bridgehead atoms. The van der Waals surface area contributed by atoms with Crippen molar-refractivity contribution in [3.8, 4) is 27.9 Å². The van der Waals surface area contributed by atoms with Crippen molar-refractivity contribution in [2.45, 2.75) is 19.3 Å². The van der Waals surface area contributed by atoms with Crippen molar-refractivity contribution in [3.63, 3.8) is 0 Å². The van der Waals surface area contributed by atoms with Crippen LogP contribution in [0.25, 0.3) is 71.3 Å². The molecule has 8 aromatic rings. The summed E-state index contributed by atoms with van der Waals surface area (Å²) in [4.78, 5) is 0. The second kappa shape index (κ2) is 8.44. The van der Waals surface area contributed by atoms with E-state index in [1.165, 1.54) is 82.4 Å². The maximum Gasteiger partial charge on any atom is 0.0625 e. The minimum Gasteiger partial charge on any atom is -0.309 e. The number of benzene rings is 7. The number of nitrogens with zero attached hydrogens (tertiary/aromatic N) is 1. The minimum atomic E-state index is -0.0668. The molecule has 198 valence electrons. The number of hydrogen-bond donors (Lipinski definition) is 0. The highest BCUT2D eigenvalue weighted by atomic mass is 15.0. The average molecular weight is 536 g/mol. The van der Waals surface area contributed by atoms with Gasteiger partial charge in [-0.05, 0) is 73.8 Å². The van der Waals surface area contributed by atoms with E-state index in [-0.39, 0.29) is 5.41 Å². The van der Waals surface area contributed by atoms with Gasteiger partial charge in [0.1, 0.15) is 0 Å². The maximum absolute atomic E-state index is 2.52. The molecule has 1 heteroatoms. The molecule has 0 saturated carbocycles. The second-order valence-corrected chi connectivity index (χ2v) is 12.1. The SMILES string of the molecule is CC1(C)c2ccccc2-c2cc3c4c5ccccc5c5ccccc5c4n(-c4ccc(-c5ccccc5)cc4)c3cc21. The van der Waals surface area contributed by atoms with Crippen molar-refractivity contribution in [2.24, 2.45) is 0 Å². The Kier molecular flexibility index (Phi) is 4.73. The van der Waals surface area contributed by atoms with E-state index < -0.39 is 0 Å². The molecule has 0 N–H and O–H groups in total. The van der Waals surface area contributed by atoms with Gasteiger partial charge in [0.2, 0.25) is 0 Å². The first-order chi connectivity index (χ1) is 20.6. The van der Waals surface area contributed by atoms with E-state index in [0.29, 0.717) is 0 Å². The summed E-state index contributed by atoms with van der Waals surface area (Å²) in [6.07, 6.45) is 0. The van der Waals surface area contributed by atoms with E-state index in [4.69, 9.17) is 0 Å². The van der Waals surface area contributed by atoms with Crippen LogP contribution in [0, 0.1) is 0 Å². The molecule has 0 radical (unpaired) electrons. The second-order valence-electron chi connectivity index (χ2n) is 12.1. The molecule has 1 heterocycles. The molecular weight excluding hydrogens is 506 g/mol. The van der Waals surface area contributed by atoms with E-state index in [1.54, 1.807) is 0 Å². The summed E-state index contributed by atoms with van der Waals surface area (Å²) in [6, 6.07) is 51.5. The fourth-order valence-electron chi connectivity index (χ4n) is 7.57. The summed E-state index contributed by atoms with van der Waals surface area (Å²) in [5.74, 6) is 0. The van der Waals surface area contributed by atoms with Crippen LogP contribution in [0.4, 0.5) is 0 Å². The zero-order chi connectivity index (χ0) is 28.0. The van der Waals surface area contributed by atoms with Gasteiger partial charge in [0.25, 0.3) is 0 Å². The molecule has 1 aliphatic carbocycles. The van der Waals surface area contributed by atoms with Crippen LogP contribution in [0.1, 0.15) is 25.0 Å². The summed E-state index contributed by atoms with van der Waals surface area (Å²) in [7, 11) is 0. The standard InChI is InChI=1S/C41H29N/c1-41(2)36-19-11-10-16-31(36)34-24-35-38(25-37(34)41)42(28-22-20-27(21-23-28)26-12-4-3-5-13-26)40-33-18-9-7-15-30(33)29-14-6-8-17-32(29)39(35)40/h3-25H,1-2H3. The maximum atomic E-state index is 2.52. The van der Waals surface area contributed by atoms with Gasteiger partial charge in [-0.1, -0.05) is 129 Å². The summed E-state index contributed by atoms with van der Waals surface area (Å²) < 4.78 is 2.52. The van der Waals surface area contributed by atoms with Crippen molar-refractivity contribution in [3.05, 3.63) is 151 Å². The Morgan fingerprint density at radius 3 is 1.81 bits per heavy atom. The smallest absolute Gasteiger partial charge is 0.0625 e. The van der Waals surface area contributed by atoms with E-state index in [9.17, 15) is 0 Å². The third-order valence-corrected chi connectivity index (χ3v) is 9.57. The van der Waals surface area contributed by atoms with Crippen LogP contribution in [0.5, 0.6) is 0 Å². The van der Waals surface area contributed by atoms with Crippen molar-refractivity contribution < 1.29 is 0 Å². The summed E-state index contributed by atoms with van der Waals surface area (Å²) in [6.45, 7) is 4.74. The predicted molar refractivity (Wildman–Crippen MR) is 179 cm³/mol. The highest BCUT2D eigenvalue weighted by molar-refractivity contribution is 6.32. The first-order valence-corrected chi connectivity index (χ1v) is 14.8. The molecule has 1 nitrogen and oxygen atoms in total. The van der Waals surface area contributed by atoms with Crippen LogP contribution in [-0.4, -0.2) is 4.57 Å². The lowest BCUT2D eigenvalue weighted by Gasteiger charge is -2.21. The van der Waals surface area contributed by atoms with Gasteiger partial charge in [0, 0.05) is 27.3 Å². The monoisotopic (exact) mass is 535 g/mol. The van der Waals surface area contributed by atoms with Crippen LogP contribution in [-0.2, 0) is 5.41 Å². The van der Waals surface area contributed by atoms with Crippen molar-refractivity contribution >= 4 is 43.4 Å². The Morgan fingerprint density at radius 1 is 0.452 bits per heavy atom. The Morgan fingerprint density at radius 2 is 1.05 bits per heavy atom.